The van der Waals surface area contributed by atoms with Gasteiger partial charge in [0.25, 0.3) is 0 Å². The molecule has 3 heteroatoms. The number of terminal acetylenes is 1. The predicted octanol–water partition coefficient (Wildman–Crippen LogP) is 2.75. The van der Waals surface area contributed by atoms with Crippen molar-refractivity contribution in [3.63, 3.8) is 0 Å². The lowest BCUT2D eigenvalue weighted by molar-refractivity contribution is -0.135. The summed E-state index contributed by atoms with van der Waals surface area (Å²) in [5.41, 5.74) is 0.885. The van der Waals surface area contributed by atoms with Crippen molar-refractivity contribution in [3.05, 3.63) is 47.8 Å². The summed E-state index contributed by atoms with van der Waals surface area (Å²) >= 11 is 0. The van der Waals surface area contributed by atoms with Crippen molar-refractivity contribution in [2.45, 2.75) is 19.4 Å². The zero-order chi connectivity index (χ0) is 13.7. The maximum absolute atomic E-state index is 12.9. The highest BCUT2D eigenvalue weighted by atomic mass is 19.1. The minimum Gasteiger partial charge on any atom is -0.327 e. The number of halogens is 1. The molecule has 0 unspecified atom stereocenters. The molecule has 0 bridgehead atoms. The third kappa shape index (κ3) is 3.45. The van der Waals surface area contributed by atoms with E-state index in [0.29, 0.717) is 6.54 Å². The van der Waals surface area contributed by atoms with E-state index in [4.69, 9.17) is 6.42 Å². The van der Waals surface area contributed by atoms with Crippen LogP contribution in [0, 0.1) is 24.1 Å². The van der Waals surface area contributed by atoms with E-state index in [1.807, 2.05) is 12.2 Å². The molecular weight excluding hydrogens is 241 g/mol. The minimum absolute atomic E-state index is 0.00815. The van der Waals surface area contributed by atoms with Crippen LogP contribution in [-0.4, -0.2) is 17.4 Å². The summed E-state index contributed by atoms with van der Waals surface area (Å²) in [5.74, 6) is 2.32. The highest BCUT2D eigenvalue weighted by Gasteiger charge is 2.24. The fourth-order valence-corrected chi connectivity index (χ4v) is 2.21. The van der Waals surface area contributed by atoms with E-state index >= 15 is 0 Å². The lowest BCUT2D eigenvalue weighted by Crippen LogP contribution is -2.35. The Morgan fingerprint density at radius 1 is 1.32 bits per heavy atom. The van der Waals surface area contributed by atoms with E-state index in [0.717, 1.165) is 18.4 Å². The second-order valence-electron chi connectivity index (χ2n) is 4.66. The van der Waals surface area contributed by atoms with Crippen LogP contribution in [0.5, 0.6) is 0 Å². The number of amides is 1. The molecular formula is C16H16FNO. The van der Waals surface area contributed by atoms with Gasteiger partial charge in [-0.2, -0.15) is 0 Å². The van der Waals surface area contributed by atoms with Gasteiger partial charge >= 0.3 is 0 Å². The van der Waals surface area contributed by atoms with Gasteiger partial charge < -0.3 is 4.90 Å². The highest BCUT2D eigenvalue weighted by Crippen LogP contribution is 2.21. The molecule has 0 saturated heterocycles. The van der Waals surface area contributed by atoms with Crippen LogP contribution in [0.25, 0.3) is 0 Å². The number of carbonyl (C=O) groups excluding carboxylic acids is 1. The molecule has 2 nitrogen and oxygen atoms in total. The zero-order valence-electron chi connectivity index (χ0n) is 10.7. The van der Waals surface area contributed by atoms with Crippen LogP contribution < -0.4 is 0 Å². The van der Waals surface area contributed by atoms with Gasteiger partial charge in [0.1, 0.15) is 5.82 Å². The van der Waals surface area contributed by atoms with Crippen LogP contribution in [0.2, 0.25) is 0 Å². The summed E-state index contributed by atoms with van der Waals surface area (Å²) in [6.07, 6.45) is 10.9. The smallest absolute Gasteiger partial charge is 0.227 e. The van der Waals surface area contributed by atoms with Crippen molar-refractivity contribution in [2.75, 3.05) is 6.54 Å². The van der Waals surface area contributed by atoms with Crippen LogP contribution >= 0.6 is 0 Å². The topological polar surface area (TPSA) is 20.3 Å². The van der Waals surface area contributed by atoms with Gasteiger partial charge in [-0.1, -0.05) is 30.2 Å². The lowest BCUT2D eigenvalue weighted by atomic mass is 10.1. The predicted molar refractivity (Wildman–Crippen MR) is 72.5 cm³/mol. The second kappa shape index (κ2) is 6.19. The molecule has 0 spiro atoms. The lowest BCUT2D eigenvalue weighted by Gasteiger charge is -2.23. The van der Waals surface area contributed by atoms with Crippen LogP contribution in [0.3, 0.4) is 0 Å². The van der Waals surface area contributed by atoms with Crippen molar-refractivity contribution in [3.8, 4) is 12.3 Å². The molecule has 1 aliphatic rings. The first kappa shape index (κ1) is 13.4. The van der Waals surface area contributed by atoms with Crippen molar-refractivity contribution >= 4 is 5.91 Å². The van der Waals surface area contributed by atoms with E-state index in [1.165, 1.54) is 12.1 Å². The van der Waals surface area contributed by atoms with Crippen LogP contribution in [0.1, 0.15) is 18.4 Å². The first-order valence-electron chi connectivity index (χ1n) is 6.32. The molecule has 1 amide bonds. The third-order valence-corrected chi connectivity index (χ3v) is 3.24. The fourth-order valence-electron chi connectivity index (χ4n) is 2.21. The number of allylic oxidation sites excluding steroid dienone is 2. The summed E-state index contributed by atoms with van der Waals surface area (Å²) in [6, 6.07) is 6.15. The number of benzene rings is 1. The Balaban J connectivity index is 2.05. The van der Waals surface area contributed by atoms with Gasteiger partial charge in [-0.15, -0.1) is 6.42 Å². The van der Waals surface area contributed by atoms with Gasteiger partial charge in [-0.25, -0.2) is 4.39 Å². The van der Waals surface area contributed by atoms with Gasteiger partial charge in [0.15, 0.2) is 0 Å². The standard InChI is InChI=1S/C16H16FNO/c1-2-11-18(16(19)14-5-3-4-6-14)12-13-7-9-15(17)10-8-13/h1,3-4,7-10,14H,5-6,11-12H2. The zero-order valence-corrected chi connectivity index (χ0v) is 10.7. The van der Waals surface area contributed by atoms with E-state index in [2.05, 4.69) is 5.92 Å². The van der Waals surface area contributed by atoms with E-state index < -0.39 is 0 Å². The fraction of sp³-hybridized carbons (Fsp3) is 0.312. The Morgan fingerprint density at radius 3 is 2.53 bits per heavy atom. The molecule has 0 N–H and O–H groups in total. The van der Waals surface area contributed by atoms with Gasteiger partial charge in [0.05, 0.1) is 6.54 Å². The summed E-state index contributed by atoms with van der Waals surface area (Å²) in [4.78, 5) is 14.0. The number of rotatable bonds is 4. The average Bonchev–Trinajstić information content (AvgIpc) is 2.94. The number of carbonyl (C=O) groups is 1. The van der Waals surface area contributed by atoms with Crippen LogP contribution in [0.15, 0.2) is 36.4 Å². The van der Waals surface area contributed by atoms with E-state index in [9.17, 15) is 9.18 Å². The van der Waals surface area contributed by atoms with Gasteiger partial charge in [0, 0.05) is 12.5 Å². The molecule has 0 atom stereocenters. The maximum atomic E-state index is 12.9. The molecule has 19 heavy (non-hydrogen) atoms. The SMILES string of the molecule is C#CCN(Cc1ccc(F)cc1)C(=O)C1CC=CC1. The summed E-state index contributed by atoms with van der Waals surface area (Å²) in [6.45, 7) is 0.715. The van der Waals surface area contributed by atoms with Crippen molar-refractivity contribution < 1.29 is 9.18 Å². The maximum Gasteiger partial charge on any atom is 0.227 e. The number of hydrogen-bond acceptors (Lipinski definition) is 1. The number of hydrogen-bond donors (Lipinski definition) is 0. The van der Waals surface area contributed by atoms with Crippen LogP contribution in [0.4, 0.5) is 4.39 Å². The molecule has 0 aliphatic heterocycles. The first-order valence-corrected chi connectivity index (χ1v) is 6.32. The van der Waals surface area contributed by atoms with Crippen molar-refractivity contribution in [1.82, 2.24) is 4.90 Å². The van der Waals surface area contributed by atoms with Crippen molar-refractivity contribution in [2.24, 2.45) is 5.92 Å². The van der Waals surface area contributed by atoms with E-state index in [-0.39, 0.29) is 24.2 Å². The average molecular weight is 257 g/mol. The molecule has 0 aromatic heterocycles. The molecule has 98 valence electrons. The molecule has 1 aromatic rings. The van der Waals surface area contributed by atoms with Crippen LogP contribution in [-0.2, 0) is 11.3 Å². The summed E-state index contributed by atoms with van der Waals surface area (Å²) in [5, 5.41) is 0. The Morgan fingerprint density at radius 2 is 1.95 bits per heavy atom. The Bertz CT molecular complexity index is 505. The quantitative estimate of drug-likeness (QED) is 0.600. The van der Waals surface area contributed by atoms with Gasteiger partial charge in [-0.05, 0) is 30.5 Å². The Kier molecular flexibility index (Phi) is 4.35. The molecule has 0 heterocycles. The summed E-state index contributed by atoms with van der Waals surface area (Å²) in [7, 11) is 0. The second-order valence-corrected chi connectivity index (χ2v) is 4.66. The van der Waals surface area contributed by atoms with E-state index in [1.54, 1.807) is 17.0 Å². The Labute approximate surface area is 112 Å². The molecule has 0 fully saturated rings. The number of nitrogens with zero attached hydrogens (tertiary/aromatic N) is 1. The van der Waals surface area contributed by atoms with Gasteiger partial charge in [0.2, 0.25) is 5.91 Å². The molecule has 1 aromatic carbocycles. The monoisotopic (exact) mass is 257 g/mol. The Hall–Kier alpha value is -2.08. The first-order chi connectivity index (χ1) is 9.20. The highest BCUT2D eigenvalue weighted by molar-refractivity contribution is 5.80. The normalized spacial score (nSPS) is 14.3. The minimum atomic E-state index is -0.279. The van der Waals surface area contributed by atoms with Crippen molar-refractivity contribution in [1.29, 1.82) is 0 Å². The third-order valence-electron chi connectivity index (χ3n) is 3.24. The molecule has 0 saturated carbocycles. The molecule has 1 aliphatic carbocycles. The molecule has 0 radical (unpaired) electrons. The summed E-state index contributed by atoms with van der Waals surface area (Å²) < 4.78 is 12.9. The largest absolute Gasteiger partial charge is 0.327 e. The van der Waals surface area contributed by atoms with Gasteiger partial charge in [-0.3, -0.25) is 4.79 Å². The molecule has 2 rings (SSSR count).